The molecule has 4 nitrogen and oxygen atoms in total. The maximum atomic E-state index is 11.6. The molecule has 0 unspecified atom stereocenters. The molecule has 0 radical (unpaired) electrons. The van der Waals surface area contributed by atoms with Crippen LogP contribution >= 0.6 is 0 Å². The summed E-state index contributed by atoms with van der Waals surface area (Å²) < 4.78 is 1.80. The van der Waals surface area contributed by atoms with Crippen LogP contribution in [-0.2, 0) is 0 Å². The molecule has 4 N–H and O–H groups in total. The van der Waals surface area contributed by atoms with Gasteiger partial charge in [0.2, 0.25) is 0 Å². The first-order chi connectivity index (χ1) is 10.1. The predicted molar refractivity (Wildman–Crippen MR) is 86.7 cm³/mol. The summed E-state index contributed by atoms with van der Waals surface area (Å²) in [6.07, 6.45) is 3.51. The van der Waals surface area contributed by atoms with E-state index >= 15 is 0 Å². The summed E-state index contributed by atoms with van der Waals surface area (Å²) in [5.74, 6) is -0.457. The van der Waals surface area contributed by atoms with E-state index in [1.807, 2.05) is 42.6 Å². The second-order valence-electron chi connectivity index (χ2n) is 4.82. The highest BCUT2D eigenvalue weighted by atomic mass is 16.1. The Labute approximate surface area is 122 Å². The van der Waals surface area contributed by atoms with Gasteiger partial charge >= 0.3 is 0 Å². The zero-order valence-corrected chi connectivity index (χ0v) is 11.4. The third-order valence-corrected chi connectivity index (χ3v) is 3.54. The molecule has 3 aromatic rings. The first-order valence-electron chi connectivity index (χ1n) is 6.53. The number of carbonyl (C=O) groups excluding carboxylic acids is 1. The van der Waals surface area contributed by atoms with Gasteiger partial charge in [-0.1, -0.05) is 24.8 Å². The number of nitrogen functional groups attached to an aromatic ring is 1. The van der Waals surface area contributed by atoms with Crippen molar-refractivity contribution in [3.63, 3.8) is 0 Å². The summed E-state index contributed by atoms with van der Waals surface area (Å²) in [6, 6.07) is 13.2. The van der Waals surface area contributed by atoms with E-state index in [1.165, 1.54) is 0 Å². The van der Waals surface area contributed by atoms with E-state index in [-0.39, 0.29) is 0 Å². The number of amides is 1. The molecule has 1 heterocycles. The number of nitrogens with zero attached hydrogens (tertiary/aromatic N) is 1. The van der Waals surface area contributed by atoms with E-state index in [2.05, 4.69) is 6.58 Å². The van der Waals surface area contributed by atoms with Crippen molar-refractivity contribution in [1.82, 2.24) is 4.57 Å². The number of carbonyl (C=O) groups is 1. The van der Waals surface area contributed by atoms with Gasteiger partial charge in [-0.05, 0) is 35.4 Å². The topological polar surface area (TPSA) is 74.0 Å². The molecule has 1 aromatic heterocycles. The highest BCUT2D eigenvalue weighted by Gasteiger charge is 2.14. The van der Waals surface area contributed by atoms with Crippen molar-refractivity contribution in [2.45, 2.75) is 0 Å². The van der Waals surface area contributed by atoms with E-state index in [1.54, 1.807) is 16.8 Å². The molecule has 0 fully saturated rings. The second kappa shape index (κ2) is 4.83. The molecule has 3 rings (SSSR count). The third kappa shape index (κ3) is 2.07. The first-order valence-corrected chi connectivity index (χ1v) is 6.53. The van der Waals surface area contributed by atoms with Gasteiger partial charge in [0.05, 0.1) is 11.1 Å². The number of primary amides is 1. The van der Waals surface area contributed by atoms with Crippen LogP contribution in [-0.4, -0.2) is 10.5 Å². The minimum absolute atomic E-state index is 0.457. The molecule has 4 heteroatoms. The van der Waals surface area contributed by atoms with E-state index in [9.17, 15) is 4.79 Å². The normalized spacial score (nSPS) is 10.7. The number of hydrogen-bond acceptors (Lipinski definition) is 2. The van der Waals surface area contributed by atoms with Crippen LogP contribution in [0.3, 0.4) is 0 Å². The number of fused-ring (bicyclic) bond motifs is 1. The highest BCUT2D eigenvalue weighted by molar-refractivity contribution is 6.10. The minimum Gasteiger partial charge on any atom is -0.399 e. The van der Waals surface area contributed by atoms with Crippen LogP contribution in [0.15, 0.2) is 55.2 Å². The van der Waals surface area contributed by atoms with Gasteiger partial charge in [-0.2, -0.15) is 0 Å². The lowest BCUT2D eigenvalue weighted by Gasteiger charge is -2.09. The molecule has 0 aliphatic rings. The van der Waals surface area contributed by atoms with Crippen LogP contribution < -0.4 is 11.5 Å². The van der Waals surface area contributed by atoms with E-state index < -0.39 is 5.91 Å². The van der Waals surface area contributed by atoms with Crippen molar-refractivity contribution < 1.29 is 4.79 Å². The first kappa shape index (κ1) is 13.0. The molecular formula is C17H15N3O. The van der Waals surface area contributed by atoms with Gasteiger partial charge in [-0.15, -0.1) is 0 Å². The molecule has 104 valence electrons. The summed E-state index contributed by atoms with van der Waals surface area (Å²) in [5.41, 5.74) is 15.3. The highest BCUT2D eigenvalue weighted by Crippen LogP contribution is 2.32. The summed E-state index contributed by atoms with van der Waals surface area (Å²) >= 11 is 0. The van der Waals surface area contributed by atoms with Gasteiger partial charge in [0.25, 0.3) is 5.91 Å². The summed E-state index contributed by atoms with van der Waals surface area (Å²) in [7, 11) is 0. The fraction of sp³-hybridized carbons (Fsp3) is 0. The van der Waals surface area contributed by atoms with E-state index in [0.29, 0.717) is 11.3 Å². The van der Waals surface area contributed by atoms with Gasteiger partial charge < -0.3 is 16.0 Å². The fourth-order valence-corrected chi connectivity index (χ4v) is 2.59. The van der Waals surface area contributed by atoms with E-state index in [4.69, 9.17) is 11.5 Å². The molecule has 0 bridgehead atoms. The Morgan fingerprint density at radius 2 is 2.00 bits per heavy atom. The number of benzene rings is 2. The summed E-state index contributed by atoms with van der Waals surface area (Å²) in [6.45, 7) is 3.76. The number of hydrogen-bond donors (Lipinski definition) is 2. The van der Waals surface area contributed by atoms with Crippen LogP contribution in [0.25, 0.3) is 28.2 Å². The second-order valence-corrected chi connectivity index (χ2v) is 4.82. The Bertz CT molecular complexity index is 862. The Balaban J connectivity index is 2.36. The Kier molecular flexibility index (Phi) is 2.99. The third-order valence-electron chi connectivity index (χ3n) is 3.54. The Morgan fingerprint density at radius 1 is 1.19 bits per heavy atom. The van der Waals surface area contributed by atoms with Crippen LogP contribution in [0, 0.1) is 0 Å². The number of anilines is 1. The number of nitrogens with two attached hydrogens (primary N) is 2. The molecule has 0 saturated carbocycles. The molecule has 0 spiro atoms. The Hall–Kier alpha value is -3.01. The lowest BCUT2D eigenvalue weighted by molar-refractivity contribution is 0.100. The van der Waals surface area contributed by atoms with Crippen molar-refractivity contribution in [2.24, 2.45) is 5.73 Å². The van der Waals surface area contributed by atoms with Crippen LogP contribution in [0.4, 0.5) is 5.69 Å². The molecule has 2 aromatic carbocycles. The maximum absolute atomic E-state index is 11.6. The zero-order chi connectivity index (χ0) is 15.0. The van der Waals surface area contributed by atoms with Crippen molar-refractivity contribution in [3.8, 4) is 11.1 Å². The lowest BCUT2D eigenvalue weighted by atomic mass is 9.98. The quantitative estimate of drug-likeness (QED) is 0.722. The fourth-order valence-electron chi connectivity index (χ4n) is 2.59. The molecular weight excluding hydrogens is 262 g/mol. The van der Waals surface area contributed by atoms with Gasteiger partial charge in [0, 0.05) is 23.5 Å². The van der Waals surface area contributed by atoms with Crippen molar-refractivity contribution >= 4 is 28.7 Å². The molecule has 0 aliphatic heterocycles. The minimum atomic E-state index is -0.457. The average Bonchev–Trinajstić information content (AvgIpc) is 2.90. The van der Waals surface area contributed by atoms with Crippen molar-refractivity contribution in [3.05, 3.63) is 60.8 Å². The summed E-state index contributed by atoms with van der Waals surface area (Å²) in [5, 5.41) is 0.941. The van der Waals surface area contributed by atoms with Crippen LogP contribution in [0.5, 0.6) is 0 Å². The molecule has 0 atom stereocenters. The Morgan fingerprint density at radius 3 is 2.67 bits per heavy atom. The molecule has 0 aliphatic carbocycles. The van der Waals surface area contributed by atoms with Gasteiger partial charge in [-0.3, -0.25) is 4.79 Å². The van der Waals surface area contributed by atoms with Gasteiger partial charge in [0.1, 0.15) is 0 Å². The predicted octanol–water partition coefficient (Wildman–Crippen LogP) is 3.09. The standard InChI is InChI=1S/C17H15N3O/c1-2-20-9-8-14-13(11-4-3-5-12(18)10-11)6-7-15(16(14)20)17(19)21/h2-10H,1,18H2,(H2,19,21). The molecule has 21 heavy (non-hydrogen) atoms. The van der Waals surface area contributed by atoms with Crippen LogP contribution in [0.1, 0.15) is 10.4 Å². The van der Waals surface area contributed by atoms with Crippen molar-refractivity contribution in [1.29, 1.82) is 0 Å². The maximum Gasteiger partial charge on any atom is 0.250 e. The van der Waals surface area contributed by atoms with Crippen molar-refractivity contribution in [2.75, 3.05) is 5.73 Å². The summed E-state index contributed by atoms with van der Waals surface area (Å²) in [4.78, 5) is 11.6. The van der Waals surface area contributed by atoms with E-state index in [0.717, 1.165) is 22.0 Å². The average molecular weight is 277 g/mol. The van der Waals surface area contributed by atoms with Gasteiger partial charge in [-0.25, -0.2) is 0 Å². The monoisotopic (exact) mass is 277 g/mol. The SMILES string of the molecule is C=Cn1ccc2c(-c3cccc(N)c3)ccc(C(N)=O)c21. The van der Waals surface area contributed by atoms with Gasteiger partial charge in [0.15, 0.2) is 0 Å². The molecule has 0 saturated heterocycles. The molecule has 1 amide bonds. The number of rotatable bonds is 3. The van der Waals surface area contributed by atoms with Crippen LogP contribution in [0.2, 0.25) is 0 Å². The zero-order valence-electron chi connectivity index (χ0n) is 11.4. The largest absolute Gasteiger partial charge is 0.399 e. The number of aromatic nitrogens is 1. The lowest BCUT2D eigenvalue weighted by Crippen LogP contribution is -2.12. The smallest absolute Gasteiger partial charge is 0.250 e.